The average molecular weight is 446 g/mol. The van der Waals surface area contributed by atoms with E-state index in [1.54, 1.807) is 48.5 Å². The summed E-state index contributed by atoms with van der Waals surface area (Å²) in [6.07, 6.45) is -0.311. The van der Waals surface area contributed by atoms with Crippen molar-refractivity contribution in [3.8, 4) is 11.5 Å². The lowest BCUT2D eigenvalue weighted by Gasteiger charge is -2.26. The number of nitro groups is 1. The average Bonchev–Trinajstić information content (AvgIpc) is 3.08. The molecule has 33 heavy (non-hydrogen) atoms. The number of carbonyl (C=O) groups excluding carboxylic acids is 3. The highest BCUT2D eigenvalue weighted by atomic mass is 16.6. The summed E-state index contributed by atoms with van der Waals surface area (Å²) in [7, 11) is 1.51. The van der Waals surface area contributed by atoms with Crippen LogP contribution in [0.3, 0.4) is 0 Å². The quantitative estimate of drug-likeness (QED) is 0.177. The third kappa shape index (κ3) is 4.29. The summed E-state index contributed by atoms with van der Waals surface area (Å²) in [5.74, 6) is -1.02. The maximum atomic E-state index is 13.1. The number of hydrogen-bond donors (Lipinski definition) is 0. The standard InChI is InChI=1S/C24H18N2O7/c1-32-17-10-6-15(7-11-17)21(25-23(28)19-4-2-3-5-20(19)24(25)29)14-22(27)33-18-12-8-16(9-13-18)26(30)31/h2-13,21H,14H2,1H3/t21-/m1/s1. The largest absolute Gasteiger partial charge is 0.497 e. The number of non-ortho nitro benzene ring substituents is 1. The number of nitro benzene ring substituents is 1. The molecule has 1 aliphatic heterocycles. The number of nitrogens with zero attached hydrogens (tertiary/aromatic N) is 2. The number of carbonyl (C=O) groups is 3. The van der Waals surface area contributed by atoms with Gasteiger partial charge in [0.25, 0.3) is 17.5 Å². The summed E-state index contributed by atoms with van der Waals surface area (Å²) in [5.41, 5.74) is 0.942. The first-order valence-corrected chi connectivity index (χ1v) is 9.95. The number of rotatable bonds is 7. The van der Waals surface area contributed by atoms with Crippen LogP contribution in [0.15, 0.2) is 72.8 Å². The lowest BCUT2D eigenvalue weighted by Crippen LogP contribution is -2.36. The zero-order chi connectivity index (χ0) is 23.5. The Morgan fingerprint density at radius 3 is 1.97 bits per heavy atom. The first-order chi connectivity index (χ1) is 15.9. The molecule has 0 radical (unpaired) electrons. The summed E-state index contributed by atoms with van der Waals surface area (Å²) in [6, 6.07) is 17.3. The highest BCUT2D eigenvalue weighted by Crippen LogP contribution is 2.34. The molecule has 1 atom stereocenters. The molecule has 0 aromatic heterocycles. The Balaban J connectivity index is 1.62. The minimum atomic E-state index is -0.922. The highest BCUT2D eigenvalue weighted by molar-refractivity contribution is 6.21. The van der Waals surface area contributed by atoms with Crippen LogP contribution in [-0.2, 0) is 4.79 Å². The highest BCUT2D eigenvalue weighted by Gasteiger charge is 2.41. The fourth-order valence-corrected chi connectivity index (χ4v) is 3.64. The Bertz CT molecular complexity index is 1200. The van der Waals surface area contributed by atoms with Gasteiger partial charge in [0.05, 0.1) is 35.6 Å². The maximum Gasteiger partial charge on any atom is 0.313 e. The molecule has 166 valence electrons. The molecule has 0 saturated heterocycles. The van der Waals surface area contributed by atoms with Gasteiger partial charge in [0.2, 0.25) is 0 Å². The van der Waals surface area contributed by atoms with Crippen molar-refractivity contribution in [2.75, 3.05) is 7.11 Å². The summed E-state index contributed by atoms with van der Waals surface area (Å²) >= 11 is 0. The second-order valence-electron chi connectivity index (χ2n) is 7.24. The smallest absolute Gasteiger partial charge is 0.313 e. The van der Waals surface area contributed by atoms with Gasteiger partial charge in [0, 0.05) is 12.1 Å². The van der Waals surface area contributed by atoms with Crippen molar-refractivity contribution in [3.63, 3.8) is 0 Å². The van der Waals surface area contributed by atoms with Crippen molar-refractivity contribution < 1.29 is 28.8 Å². The van der Waals surface area contributed by atoms with Crippen molar-refractivity contribution in [1.82, 2.24) is 4.90 Å². The normalized spacial score (nSPS) is 13.4. The molecule has 9 nitrogen and oxygen atoms in total. The molecule has 2 amide bonds. The molecule has 0 unspecified atom stereocenters. The number of imide groups is 1. The third-order valence-electron chi connectivity index (χ3n) is 5.28. The van der Waals surface area contributed by atoms with Crippen LogP contribution in [0.5, 0.6) is 11.5 Å². The second kappa shape index (κ2) is 8.91. The van der Waals surface area contributed by atoms with Gasteiger partial charge < -0.3 is 9.47 Å². The minimum absolute atomic E-state index is 0.112. The summed E-state index contributed by atoms with van der Waals surface area (Å²) in [6.45, 7) is 0. The van der Waals surface area contributed by atoms with E-state index in [-0.39, 0.29) is 29.0 Å². The second-order valence-corrected chi connectivity index (χ2v) is 7.24. The molecule has 1 heterocycles. The zero-order valence-electron chi connectivity index (χ0n) is 17.5. The van der Waals surface area contributed by atoms with Crippen molar-refractivity contribution in [2.45, 2.75) is 12.5 Å². The first-order valence-electron chi connectivity index (χ1n) is 9.95. The van der Waals surface area contributed by atoms with E-state index >= 15 is 0 Å². The molecule has 9 heteroatoms. The molecular formula is C24H18N2O7. The molecule has 4 rings (SSSR count). The van der Waals surface area contributed by atoms with Crippen LogP contribution in [0, 0.1) is 10.1 Å². The first kappa shape index (κ1) is 21.7. The Hall–Kier alpha value is -4.53. The van der Waals surface area contributed by atoms with Crippen molar-refractivity contribution in [2.24, 2.45) is 0 Å². The monoisotopic (exact) mass is 446 g/mol. The van der Waals surface area contributed by atoms with E-state index in [4.69, 9.17) is 9.47 Å². The van der Waals surface area contributed by atoms with Crippen molar-refractivity contribution in [1.29, 1.82) is 0 Å². The van der Waals surface area contributed by atoms with E-state index in [1.807, 2.05) is 0 Å². The number of ether oxygens (including phenoxy) is 2. The van der Waals surface area contributed by atoms with Crippen LogP contribution < -0.4 is 9.47 Å². The Kier molecular flexibility index (Phi) is 5.86. The molecule has 3 aromatic carbocycles. The van der Waals surface area contributed by atoms with Gasteiger partial charge >= 0.3 is 5.97 Å². The van der Waals surface area contributed by atoms with Crippen molar-refractivity contribution >= 4 is 23.5 Å². The lowest BCUT2D eigenvalue weighted by atomic mass is 10.0. The van der Waals surface area contributed by atoms with E-state index in [1.165, 1.54) is 31.4 Å². The summed E-state index contributed by atoms with van der Waals surface area (Å²) < 4.78 is 10.5. The number of amides is 2. The van der Waals surface area contributed by atoms with Gasteiger partial charge in [-0.3, -0.25) is 29.4 Å². The van der Waals surface area contributed by atoms with E-state index in [0.717, 1.165) is 4.90 Å². The number of esters is 1. The van der Waals surface area contributed by atoms with E-state index in [9.17, 15) is 24.5 Å². The molecule has 3 aromatic rings. The van der Waals surface area contributed by atoms with E-state index in [0.29, 0.717) is 11.3 Å². The maximum absolute atomic E-state index is 13.1. The van der Waals surface area contributed by atoms with Gasteiger partial charge in [-0.2, -0.15) is 0 Å². The van der Waals surface area contributed by atoms with Gasteiger partial charge in [-0.25, -0.2) is 0 Å². The predicted molar refractivity (Wildman–Crippen MR) is 116 cm³/mol. The topological polar surface area (TPSA) is 116 Å². The Labute approximate surface area is 188 Å². The van der Waals surface area contributed by atoms with Crippen LogP contribution in [0.25, 0.3) is 0 Å². The Morgan fingerprint density at radius 1 is 0.909 bits per heavy atom. The molecule has 0 aliphatic carbocycles. The number of methoxy groups -OCH3 is 1. The van der Waals surface area contributed by atoms with Gasteiger partial charge in [0.1, 0.15) is 11.5 Å². The summed E-state index contributed by atoms with van der Waals surface area (Å²) in [5, 5.41) is 10.8. The van der Waals surface area contributed by atoms with E-state index in [2.05, 4.69) is 0 Å². The molecule has 0 bridgehead atoms. The molecule has 0 spiro atoms. The molecule has 0 saturated carbocycles. The number of benzene rings is 3. The van der Waals surface area contributed by atoms with Gasteiger partial charge in [0.15, 0.2) is 0 Å². The van der Waals surface area contributed by atoms with E-state index < -0.39 is 28.7 Å². The summed E-state index contributed by atoms with van der Waals surface area (Å²) in [4.78, 5) is 50.2. The Morgan fingerprint density at radius 2 is 1.45 bits per heavy atom. The lowest BCUT2D eigenvalue weighted by molar-refractivity contribution is -0.384. The molecule has 1 aliphatic rings. The fourth-order valence-electron chi connectivity index (χ4n) is 3.64. The molecule has 0 fully saturated rings. The van der Waals surface area contributed by atoms with Crippen molar-refractivity contribution in [3.05, 3.63) is 99.6 Å². The van der Waals surface area contributed by atoms with Crippen LogP contribution in [0.1, 0.15) is 38.7 Å². The number of fused-ring (bicyclic) bond motifs is 1. The minimum Gasteiger partial charge on any atom is -0.497 e. The van der Waals surface area contributed by atoms with Crippen LogP contribution >= 0.6 is 0 Å². The number of hydrogen-bond acceptors (Lipinski definition) is 7. The predicted octanol–water partition coefficient (Wildman–Crippen LogP) is 3.94. The molecule has 0 N–H and O–H groups in total. The van der Waals surface area contributed by atoms with Crippen LogP contribution in [0.2, 0.25) is 0 Å². The molecular weight excluding hydrogens is 428 g/mol. The van der Waals surface area contributed by atoms with Crippen LogP contribution in [-0.4, -0.2) is 34.7 Å². The van der Waals surface area contributed by atoms with Crippen LogP contribution in [0.4, 0.5) is 5.69 Å². The zero-order valence-corrected chi connectivity index (χ0v) is 17.5. The fraction of sp³-hybridized carbons (Fsp3) is 0.125. The van der Waals surface area contributed by atoms with Gasteiger partial charge in [-0.15, -0.1) is 0 Å². The van der Waals surface area contributed by atoms with Gasteiger partial charge in [-0.1, -0.05) is 24.3 Å². The van der Waals surface area contributed by atoms with Gasteiger partial charge in [-0.05, 0) is 42.0 Å². The SMILES string of the molecule is COc1ccc([C@@H](CC(=O)Oc2ccc([N+](=O)[O-])cc2)N2C(=O)c3ccccc3C2=O)cc1. The third-order valence-corrected chi connectivity index (χ3v) is 5.28.